The summed E-state index contributed by atoms with van der Waals surface area (Å²) in [6, 6.07) is 19.9. The Morgan fingerprint density at radius 3 is 2.45 bits per heavy atom. The number of piperazine rings is 1. The lowest BCUT2D eigenvalue weighted by Crippen LogP contribution is -2.48. The minimum Gasteiger partial charge on any atom is -0.494 e. The number of fused-ring (bicyclic) bond motifs is 1. The molecule has 1 N–H and O–H groups in total. The van der Waals surface area contributed by atoms with E-state index in [1.54, 1.807) is 65.7 Å². The number of benzene rings is 3. The number of halogens is 1. The predicted molar refractivity (Wildman–Crippen MR) is 143 cm³/mol. The fourth-order valence-corrected chi connectivity index (χ4v) is 5.78. The standard InChI is InChI=1S/C28H27FN4O4S/c1-37-25-12-7-20(18-24(25)29)19-32-14-16-33(17-15-32)28(34)22-8-10-23(11-9-22)31-38(35,36)26-6-2-4-21-5-3-13-30-27(21)26/h2-13,18,31H,14-17,19H2,1H3. The second-order valence-electron chi connectivity index (χ2n) is 9.05. The topological polar surface area (TPSA) is 91.8 Å². The van der Waals surface area contributed by atoms with Crippen LogP contribution in [-0.4, -0.2) is 62.4 Å². The van der Waals surface area contributed by atoms with Crippen molar-refractivity contribution in [3.63, 3.8) is 0 Å². The van der Waals surface area contributed by atoms with Gasteiger partial charge in [0.1, 0.15) is 4.90 Å². The van der Waals surface area contributed by atoms with Gasteiger partial charge in [-0.1, -0.05) is 24.3 Å². The number of ether oxygens (including phenoxy) is 1. The number of anilines is 1. The van der Waals surface area contributed by atoms with Crippen LogP contribution in [-0.2, 0) is 16.6 Å². The number of hydrogen-bond donors (Lipinski definition) is 1. The molecule has 1 aliphatic rings. The number of methoxy groups -OCH3 is 1. The third-order valence-electron chi connectivity index (χ3n) is 6.55. The van der Waals surface area contributed by atoms with Crippen LogP contribution in [0.5, 0.6) is 5.75 Å². The first kappa shape index (κ1) is 25.6. The molecule has 1 aliphatic heterocycles. The summed E-state index contributed by atoms with van der Waals surface area (Å²) >= 11 is 0. The maximum Gasteiger partial charge on any atom is 0.264 e. The first-order valence-electron chi connectivity index (χ1n) is 12.1. The van der Waals surface area contributed by atoms with Crippen molar-refractivity contribution < 1.29 is 22.3 Å². The van der Waals surface area contributed by atoms with E-state index in [2.05, 4.69) is 14.6 Å². The van der Waals surface area contributed by atoms with Gasteiger partial charge in [-0.25, -0.2) is 12.8 Å². The molecule has 5 rings (SSSR count). The van der Waals surface area contributed by atoms with E-state index in [9.17, 15) is 17.6 Å². The zero-order valence-corrected chi connectivity index (χ0v) is 21.6. The summed E-state index contributed by atoms with van der Waals surface area (Å²) in [4.78, 5) is 21.3. The van der Waals surface area contributed by atoms with E-state index in [0.29, 0.717) is 49.5 Å². The molecule has 2 heterocycles. The smallest absolute Gasteiger partial charge is 0.264 e. The van der Waals surface area contributed by atoms with E-state index in [1.165, 1.54) is 19.2 Å². The van der Waals surface area contributed by atoms with Crippen LogP contribution in [0, 0.1) is 5.82 Å². The van der Waals surface area contributed by atoms with E-state index in [0.717, 1.165) is 10.9 Å². The van der Waals surface area contributed by atoms with Gasteiger partial charge < -0.3 is 9.64 Å². The number of nitrogens with one attached hydrogen (secondary N) is 1. The molecule has 1 aromatic heterocycles. The van der Waals surface area contributed by atoms with Gasteiger partial charge >= 0.3 is 0 Å². The molecule has 1 fully saturated rings. The van der Waals surface area contributed by atoms with Crippen molar-refractivity contribution in [1.29, 1.82) is 0 Å². The first-order chi connectivity index (χ1) is 18.3. The van der Waals surface area contributed by atoms with Crippen molar-refractivity contribution in [1.82, 2.24) is 14.8 Å². The maximum atomic E-state index is 14.0. The molecule has 0 bridgehead atoms. The fraction of sp³-hybridized carbons (Fsp3) is 0.214. The summed E-state index contributed by atoms with van der Waals surface area (Å²) in [6.45, 7) is 3.00. The average molecular weight is 535 g/mol. The van der Waals surface area contributed by atoms with Gasteiger partial charge in [-0.05, 0) is 54.1 Å². The Hall–Kier alpha value is -4.02. The van der Waals surface area contributed by atoms with E-state index in [4.69, 9.17) is 4.74 Å². The van der Waals surface area contributed by atoms with Crippen LogP contribution in [0.25, 0.3) is 10.9 Å². The summed E-state index contributed by atoms with van der Waals surface area (Å²) in [5.74, 6) is -0.292. The van der Waals surface area contributed by atoms with Gasteiger partial charge in [0.15, 0.2) is 11.6 Å². The molecule has 0 aliphatic carbocycles. The molecule has 196 valence electrons. The number of carbonyl (C=O) groups is 1. The minimum atomic E-state index is -3.88. The summed E-state index contributed by atoms with van der Waals surface area (Å²) in [6.07, 6.45) is 1.56. The number of para-hydroxylation sites is 1. The Bertz CT molecular complexity index is 1560. The van der Waals surface area contributed by atoms with Gasteiger partial charge in [0.25, 0.3) is 15.9 Å². The van der Waals surface area contributed by atoms with Crippen molar-refractivity contribution in [2.75, 3.05) is 38.0 Å². The van der Waals surface area contributed by atoms with E-state index in [1.807, 2.05) is 6.07 Å². The molecule has 0 radical (unpaired) electrons. The zero-order chi connectivity index (χ0) is 26.7. The van der Waals surface area contributed by atoms with Crippen LogP contribution < -0.4 is 9.46 Å². The summed E-state index contributed by atoms with van der Waals surface area (Å²) < 4.78 is 47.6. The molecular weight excluding hydrogens is 507 g/mol. The highest BCUT2D eigenvalue weighted by atomic mass is 32.2. The molecule has 0 unspecified atom stereocenters. The monoisotopic (exact) mass is 534 g/mol. The fourth-order valence-electron chi connectivity index (χ4n) is 4.54. The molecule has 38 heavy (non-hydrogen) atoms. The quantitative estimate of drug-likeness (QED) is 0.383. The third-order valence-corrected chi connectivity index (χ3v) is 7.96. The van der Waals surface area contributed by atoms with Crippen LogP contribution in [0.15, 0.2) is 83.9 Å². The molecule has 1 amide bonds. The second kappa shape index (κ2) is 10.8. The van der Waals surface area contributed by atoms with Gasteiger partial charge in [-0.2, -0.15) is 0 Å². The first-order valence-corrected chi connectivity index (χ1v) is 13.6. The van der Waals surface area contributed by atoms with Crippen LogP contribution >= 0.6 is 0 Å². The number of nitrogens with zero attached hydrogens (tertiary/aromatic N) is 3. The summed E-state index contributed by atoms with van der Waals surface area (Å²) in [5.41, 5.74) is 2.07. The van der Waals surface area contributed by atoms with Crippen molar-refractivity contribution in [2.45, 2.75) is 11.4 Å². The minimum absolute atomic E-state index is 0.0889. The van der Waals surface area contributed by atoms with Gasteiger partial charge in [-0.3, -0.25) is 19.4 Å². The lowest BCUT2D eigenvalue weighted by Gasteiger charge is -2.34. The average Bonchev–Trinajstić information content (AvgIpc) is 2.93. The molecule has 4 aromatic rings. The predicted octanol–water partition coefficient (Wildman–Crippen LogP) is 4.14. The van der Waals surface area contributed by atoms with E-state index >= 15 is 0 Å². The SMILES string of the molecule is COc1ccc(CN2CCN(C(=O)c3ccc(NS(=O)(=O)c4cccc5cccnc45)cc3)CC2)cc1F. The Morgan fingerprint density at radius 2 is 1.74 bits per heavy atom. The van der Waals surface area contributed by atoms with Gasteiger partial charge in [0, 0.05) is 55.6 Å². The normalized spacial score (nSPS) is 14.4. The summed E-state index contributed by atoms with van der Waals surface area (Å²) in [5, 5.41) is 0.729. The number of amides is 1. The highest BCUT2D eigenvalue weighted by Crippen LogP contribution is 2.24. The van der Waals surface area contributed by atoms with Crippen molar-refractivity contribution in [3.8, 4) is 5.75 Å². The molecule has 0 atom stereocenters. The van der Waals surface area contributed by atoms with Crippen LogP contribution in [0.4, 0.5) is 10.1 Å². The number of hydrogen-bond acceptors (Lipinski definition) is 6. The van der Waals surface area contributed by atoms with Gasteiger partial charge in [0.05, 0.1) is 12.6 Å². The van der Waals surface area contributed by atoms with Crippen molar-refractivity contribution in [3.05, 3.63) is 95.9 Å². The highest BCUT2D eigenvalue weighted by Gasteiger charge is 2.23. The maximum absolute atomic E-state index is 14.0. The number of pyridine rings is 1. The third kappa shape index (κ3) is 5.46. The molecule has 8 nitrogen and oxygen atoms in total. The Morgan fingerprint density at radius 1 is 1.00 bits per heavy atom. The summed E-state index contributed by atoms with van der Waals surface area (Å²) in [7, 11) is -2.44. The number of aromatic nitrogens is 1. The van der Waals surface area contributed by atoms with Gasteiger partial charge in [0.2, 0.25) is 0 Å². The Labute approximate surface area is 220 Å². The lowest BCUT2D eigenvalue weighted by molar-refractivity contribution is 0.0628. The molecule has 10 heteroatoms. The second-order valence-corrected chi connectivity index (χ2v) is 10.7. The zero-order valence-electron chi connectivity index (χ0n) is 20.8. The van der Waals surface area contributed by atoms with Crippen LogP contribution in [0.2, 0.25) is 0 Å². The largest absolute Gasteiger partial charge is 0.494 e. The van der Waals surface area contributed by atoms with Gasteiger partial charge in [-0.15, -0.1) is 0 Å². The molecule has 3 aromatic carbocycles. The van der Waals surface area contributed by atoms with Crippen molar-refractivity contribution >= 4 is 32.5 Å². The molecule has 0 spiro atoms. The lowest BCUT2D eigenvalue weighted by atomic mass is 10.1. The van der Waals surface area contributed by atoms with Crippen molar-refractivity contribution in [2.24, 2.45) is 0 Å². The van der Waals surface area contributed by atoms with Crippen LogP contribution in [0.3, 0.4) is 0 Å². The number of carbonyl (C=O) groups excluding carboxylic acids is 1. The molecule has 0 saturated carbocycles. The molecular formula is C28H27FN4O4S. The number of sulfonamides is 1. The number of rotatable bonds is 7. The Balaban J connectivity index is 1.20. The van der Waals surface area contributed by atoms with Crippen LogP contribution in [0.1, 0.15) is 15.9 Å². The Kier molecular flexibility index (Phi) is 7.26. The molecule has 1 saturated heterocycles. The highest BCUT2D eigenvalue weighted by molar-refractivity contribution is 7.93. The van der Waals surface area contributed by atoms with E-state index < -0.39 is 15.8 Å². The van der Waals surface area contributed by atoms with E-state index in [-0.39, 0.29) is 16.6 Å².